The highest BCUT2D eigenvalue weighted by Crippen LogP contribution is 2.26. The Kier molecular flexibility index (Phi) is 6.24. The number of hydrogen-bond acceptors (Lipinski definition) is 2. The Bertz CT molecular complexity index is 876. The van der Waals surface area contributed by atoms with Crippen LogP contribution in [0.5, 0.6) is 0 Å². The maximum Gasteiger partial charge on any atom is 0.134 e. The quantitative estimate of drug-likeness (QED) is 0.435. The van der Waals surface area contributed by atoms with Crippen molar-refractivity contribution >= 4 is 39.1 Å². The molecule has 0 radical (unpaired) electrons. The van der Waals surface area contributed by atoms with Crippen LogP contribution in [0.2, 0.25) is 10.0 Å². The van der Waals surface area contributed by atoms with Crippen molar-refractivity contribution in [3.63, 3.8) is 0 Å². The zero-order valence-electron chi connectivity index (χ0n) is 13.8. The van der Waals surface area contributed by atoms with Crippen LogP contribution in [0.3, 0.4) is 0 Å². The van der Waals surface area contributed by atoms with Gasteiger partial charge in [-0.05, 0) is 67.4 Å². The highest BCUT2D eigenvalue weighted by Gasteiger charge is 2.07. The first kappa shape index (κ1) is 18.5. The summed E-state index contributed by atoms with van der Waals surface area (Å²) in [4.78, 5) is 0. The van der Waals surface area contributed by atoms with Crippen molar-refractivity contribution in [1.29, 1.82) is 0 Å². The maximum absolute atomic E-state index is 6.19. The summed E-state index contributed by atoms with van der Waals surface area (Å²) in [5.41, 5.74) is 3.36. The predicted octanol–water partition coefficient (Wildman–Crippen LogP) is 6.66. The van der Waals surface area contributed by atoms with E-state index in [2.05, 4.69) is 40.3 Å². The molecular weight excluding hydrogens is 421 g/mol. The van der Waals surface area contributed by atoms with Crippen molar-refractivity contribution in [2.75, 3.05) is 6.54 Å². The predicted molar refractivity (Wildman–Crippen MR) is 108 cm³/mol. The SMILES string of the molecule is Cc1cc(-c2ccc(CNCCc3ccc(Cl)cc3Cl)o2)ccc1Br. The number of hydrogen-bond donors (Lipinski definition) is 1. The first-order chi connectivity index (χ1) is 12.0. The summed E-state index contributed by atoms with van der Waals surface area (Å²) in [7, 11) is 0. The van der Waals surface area contributed by atoms with Crippen LogP contribution in [-0.4, -0.2) is 6.54 Å². The molecule has 0 saturated carbocycles. The van der Waals surface area contributed by atoms with Gasteiger partial charge in [-0.15, -0.1) is 0 Å². The van der Waals surface area contributed by atoms with Gasteiger partial charge < -0.3 is 9.73 Å². The summed E-state index contributed by atoms with van der Waals surface area (Å²) >= 11 is 15.6. The average Bonchev–Trinajstić information content (AvgIpc) is 3.04. The molecule has 25 heavy (non-hydrogen) atoms. The molecule has 5 heteroatoms. The molecule has 0 amide bonds. The number of rotatable bonds is 6. The second-order valence-electron chi connectivity index (χ2n) is 5.89. The van der Waals surface area contributed by atoms with Gasteiger partial charge in [-0.3, -0.25) is 0 Å². The van der Waals surface area contributed by atoms with Gasteiger partial charge >= 0.3 is 0 Å². The minimum atomic E-state index is 0.660. The van der Waals surface area contributed by atoms with Gasteiger partial charge in [-0.25, -0.2) is 0 Å². The Hall–Kier alpha value is -1.26. The molecule has 0 atom stereocenters. The molecule has 0 unspecified atom stereocenters. The highest BCUT2D eigenvalue weighted by molar-refractivity contribution is 9.10. The summed E-state index contributed by atoms with van der Waals surface area (Å²) in [5.74, 6) is 1.80. The lowest BCUT2D eigenvalue weighted by molar-refractivity contribution is 0.494. The molecule has 0 fully saturated rings. The number of aryl methyl sites for hydroxylation is 1. The van der Waals surface area contributed by atoms with Crippen molar-refractivity contribution in [2.45, 2.75) is 19.9 Å². The van der Waals surface area contributed by atoms with Crippen molar-refractivity contribution in [3.05, 3.63) is 79.9 Å². The van der Waals surface area contributed by atoms with E-state index in [4.69, 9.17) is 27.6 Å². The van der Waals surface area contributed by atoms with Gasteiger partial charge in [0.1, 0.15) is 11.5 Å². The van der Waals surface area contributed by atoms with Crippen LogP contribution in [0.25, 0.3) is 11.3 Å². The molecular formula is C20H18BrCl2NO. The van der Waals surface area contributed by atoms with E-state index in [0.717, 1.165) is 40.1 Å². The van der Waals surface area contributed by atoms with Crippen LogP contribution in [0, 0.1) is 6.92 Å². The van der Waals surface area contributed by atoms with Gasteiger partial charge in [0.15, 0.2) is 0 Å². The van der Waals surface area contributed by atoms with E-state index >= 15 is 0 Å². The lowest BCUT2D eigenvalue weighted by Gasteiger charge is -2.06. The Morgan fingerprint density at radius 2 is 1.88 bits per heavy atom. The minimum absolute atomic E-state index is 0.660. The van der Waals surface area contributed by atoms with E-state index < -0.39 is 0 Å². The number of furan rings is 1. The molecule has 0 aliphatic rings. The smallest absolute Gasteiger partial charge is 0.134 e. The van der Waals surface area contributed by atoms with Crippen LogP contribution >= 0.6 is 39.1 Å². The fraction of sp³-hybridized carbons (Fsp3) is 0.200. The Morgan fingerprint density at radius 1 is 1.04 bits per heavy atom. The van der Waals surface area contributed by atoms with Crippen LogP contribution in [0.1, 0.15) is 16.9 Å². The molecule has 1 aromatic heterocycles. The molecule has 130 valence electrons. The van der Waals surface area contributed by atoms with Crippen molar-refractivity contribution in [1.82, 2.24) is 5.32 Å². The minimum Gasteiger partial charge on any atom is -0.460 e. The number of benzene rings is 2. The standard InChI is InChI=1S/C20H18BrCl2NO/c1-13-10-15(3-6-18(13)21)20-7-5-17(25-20)12-24-9-8-14-2-4-16(22)11-19(14)23/h2-7,10-11,24H,8-9,12H2,1H3. The number of halogens is 3. The summed E-state index contributed by atoms with van der Waals surface area (Å²) in [6, 6.07) is 15.8. The van der Waals surface area contributed by atoms with Crippen LogP contribution in [0.4, 0.5) is 0 Å². The first-order valence-corrected chi connectivity index (χ1v) is 9.58. The third-order valence-electron chi connectivity index (χ3n) is 3.99. The molecule has 0 aliphatic heterocycles. The normalized spacial score (nSPS) is 11.0. The van der Waals surface area contributed by atoms with Crippen molar-refractivity contribution in [3.8, 4) is 11.3 Å². The lowest BCUT2D eigenvalue weighted by atomic mass is 10.1. The Labute approximate surface area is 166 Å². The molecule has 1 heterocycles. The second-order valence-corrected chi connectivity index (χ2v) is 7.59. The fourth-order valence-corrected chi connectivity index (χ4v) is 3.33. The average molecular weight is 439 g/mol. The molecule has 2 nitrogen and oxygen atoms in total. The summed E-state index contributed by atoms with van der Waals surface area (Å²) in [6.45, 7) is 3.57. The monoisotopic (exact) mass is 437 g/mol. The van der Waals surface area contributed by atoms with Gasteiger partial charge in [0, 0.05) is 20.1 Å². The van der Waals surface area contributed by atoms with Crippen LogP contribution in [-0.2, 0) is 13.0 Å². The summed E-state index contributed by atoms with van der Waals surface area (Å²) < 4.78 is 7.04. The number of nitrogens with one attached hydrogen (secondary N) is 1. The van der Waals surface area contributed by atoms with Crippen molar-refractivity contribution in [2.24, 2.45) is 0 Å². The van der Waals surface area contributed by atoms with E-state index in [0.29, 0.717) is 16.6 Å². The van der Waals surface area contributed by atoms with E-state index in [-0.39, 0.29) is 0 Å². The second kappa shape index (κ2) is 8.41. The molecule has 3 rings (SSSR count). The molecule has 2 aromatic carbocycles. The summed E-state index contributed by atoms with van der Waals surface area (Å²) in [5, 5.41) is 4.75. The fourth-order valence-electron chi connectivity index (χ4n) is 2.59. The third-order valence-corrected chi connectivity index (χ3v) is 5.47. The third kappa shape index (κ3) is 4.89. The highest BCUT2D eigenvalue weighted by atomic mass is 79.9. The molecule has 3 aromatic rings. The van der Waals surface area contributed by atoms with Crippen molar-refractivity contribution < 1.29 is 4.42 Å². The van der Waals surface area contributed by atoms with E-state index in [1.165, 1.54) is 5.56 Å². The maximum atomic E-state index is 6.19. The lowest BCUT2D eigenvalue weighted by Crippen LogP contribution is -2.16. The molecule has 0 spiro atoms. The molecule has 0 bridgehead atoms. The topological polar surface area (TPSA) is 25.2 Å². The first-order valence-electron chi connectivity index (χ1n) is 8.03. The van der Waals surface area contributed by atoms with E-state index in [1.807, 2.05) is 30.3 Å². The summed E-state index contributed by atoms with van der Waals surface area (Å²) in [6.07, 6.45) is 0.843. The molecule has 1 N–H and O–H groups in total. The van der Waals surface area contributed by atoms with E-state index in [1.54, 1.807) is 6.07 Å². The van der Waals surface area contributed by atoms with E-state index in [9.17, 15) is 0 Å². The molecule has 0 saturated heterocycles. The largest absolute Gasteiger partial charge is 0.460 e. The van der Waals surface area contributed by atoms with Gasteiger partial charge in [0.2, 0.25) is 0 Å². The zero-order valence-corrected chi connectivity index (χ0v) is 16.9. The van der Waals surface area contributed by atoms with Gasteiger partial charge in [-0.1, -0.05) is 51.3 Å². The Balaban J connectivity index is 1.54. The van der Waals surface area contributed by atoms with Gasteiger partial charge in [-0.2, -0.15) is 0 Å². The Morgan fingerprint density at radius 3 is 2.64 bits per heavy atom. The van der Waals surface area contributed by atoms with Gasteiger partial charge in [0.05, 0.1) is 6.54 Å². The van der Waals surface area contributed by atoms with Crippen LogP contribution in [0.15, 0.2) is 57.4 Å². The molecule has 0 aliphatic carbocycles. The van der Waals surface area contributed by atoms with Gasteiger partial charge in [0.25, 0.3) is 0 Å². The van der Waals surface area contributed by atoms with Crippen LogP contribution < -0.4 is 5.32 Å². The zero-order chi connectivity index (χ0) is 17.8.